The molecule has 0 saturated carbocycles. The minimum absolute atomic E-state index is 0.128. The predicted molar refractivity (Wildman–Crippen MR) is 87.1 cm³/mol. The third-order valence-corrected chi connectivity index (χ3v) is 4.03. The van der Waals surface area contributed by atoms with Crippen LogP contribution in [0.25, 0.3) is 11.0 Å². The highest BCUT2D eigenvalue weighted by atomic mass is 79.9. The molecule has 0 radical (unpaired) electrons. The summed E-state index contributed by atoms with van der Waals surface area (Å²) in [4.78, 5) is 0. The summed E-state index contributed by atoms with van der Waals surface area (Å²) in [5, 5.41) is 4.66. The van der Waals surface area contributed by atoms with Gasteiger partial charge in [0.25, 0.3) is 0 Å². The number of anilines is 1. The van der Waals surface area contributed by atoms with Crippen molar-refractivity contribution in [3.63, 3.8) is 0 Å². The van der Waals surface area contributed by atoms with Crippen LogP contribution in [0.2, 0.25) is 0 Å². The van der Waals surface area contributed by atoms with Crippen LogP contribution in [0.15, 0.2) is 57.4 Å². The lowest BCUT2D eigenvalue weighted by molar-refractivity contribution is 0.522. The molecular weight excluding hydrogens is 314 g/mol. The van der Waals surface area contributed by atoms with E-state index < -0.39 is 0 Å². The number of furan rings is 1. The van der Waals surface area contributed by atoms with E-state index in [-0.39, 0.29) is 6.04 Å². The summed E-state index contributed by atoms with van der Waals surface area (Å²) in [7, 11) is 0. The van der Waals surface area contributed by atoms with E-state index in [2.05, 4.69) is 53.3 Å². The molecule has 0 aliphatic heterocycles. The Morgan fingerprint density at radius 1 is 1.05 bits per heavy atom. The monoisotopic (exact) mass is 329 g/mol. The van der Waals surface area contributed by atoms with Gasteiger partial charge in [0.2, 0.25) is 0 Å². The van der Waals surface area contributed by atoms with Crippen LogP contribution in [-0.4, -0.2) is 0 Å². The first kappa shape index (κ1) is 13.3. The second-order valence-corrected chi connectivity index (χ2v) is 5.88. The van der Waals surface area contributed by atoms with Crippen LogP contribution in [-0.2, 0) is 0 Å². The maximum Gasteiger partial charge on any atom is 0.134 e. The normalized spacial score (nSPS) is 12.6. The highest BCUT2D eigenvalue weighted by molar-refractivity contribution is 9.10. The van der Waals surface area contributed by atoms with Gasteiger partial charge in [0.1, 0.15) is 11.3 Å². The van der Waals surface area contributed by atoms with Crippen molar-refractivity contribution in [1.29, 1.82) is 0 Å². The predicted octanol–water partition coefficient (Wildman–Crippen LogP) is 5.68. The highest BCUT2D eigenvalue weighted by Gasteiger charge is 2.16. The minimum atomic E-state index is 0.128. The van der Waals surface area contributed by atoms with Crippen LogP contribution in [0.3, 0.4) is 0 Å². The summed E-state index contributed by atoms with van der Waals surface area (Å²) in [6.07, 6.45) is 0. The smallest absolute Gasteiger partial charge is 0.134 e. The number of rotatable bonds is 3. The Morgan fingerprint density at radius 2 is 1.75 bits per heavy atom. The van der Waals surface area contributed by atoms with Crippen molar-refractivity contribution >= 4 is 32.6 Å². The van der Waals surface area contributed by atoms with Gasteiger partial charge in [0.15, 0.2) is 0 Å². The Morgan fingerprint density at radius 3 is 2.45 bits per heavy atom. The summed E-state index contributed by atoms with van der Waals surface area (Å²) in [6, 6.07) is 16.5. The SMILES string of the molecule is Cc1c(C(C)Nc2ccc(Br)cc2)oc2ccccc12. The van der Waals surface area contributed by atoms with Gasteiger partial charge < -0.3 is 9.73 Å². The molecule has 1 unspecified atom stereocenters. The molecule has 0 spiro atoms. The first-order valence-corrected chi connectivity index (χ1v) is 7.44. The highest BCUT2D eigenvalue weighted by Crippen LogP contribution is 2.31. The average Bonchev–Trinajstić information content (AvgIpc) is 2.79. The molecule has 0 aliphatic carbocycles. The van der Waals surface area contributed by atoms with E-state index in [1.165, 1.54) is 10.9 Å². The molecule has 1 N–H and O–H groups in total. The molecule has 0 aliphatic rings. The van der Waals surface area contributed by atoms with Crippen molar-refractivity contribution in [2.75, 3.05) is 5.32 Å². The van der Waals surface area contributed by atoms with Gasteiger partial charge in [-0.15, -0.1) is 0 Å². The van der Waals surface area contributed by atoms with Crippen molar-refractivity contribution in [3.05, 3.63) is 64.3 Å². The second kappa shape index (κ2) is 5.33. The van der Waals surface area contributed by atoms with Gasteiger partial charge in [-0.2, -0.15) is 0 Å². The van der Waals surface area contributed by atoms with Gasteiger partial charge >= 0.3 is 0 Å². The van der Waals surface area contributed by atoms with Crippen molar-refractivity contribution in [2.45, 2.75) is 19.9 Å². The van der Waals surface area contributed by atoms with Gasteiger partial charge in [0.05, 0.1) is 6.04 Å². The molecule has 0 fully saturated rings. The van der Waals surface area contributed by atoms with E-state index in [1.54, 1.807) is 0 Å². The summed E-state index contributed by atoms with van der Waals surface area (Å²) in [5.74, 6) is 0.995. The average molecular weight is 330 g/mol. The largest absolute Gasteiger partial charge is 0.459 e. The van der Waals surface area contributed by atoms with E-state index in [0.29, 0.717) is 0 Å². The molecule has 1 heterocycles. The zero-order chi connectivity index (χ0) is 14.1. The van der Waals surface area contributed by atoms with Crippen LogP contribution >= 0.6 is 15.9 Å². The molecule has 20 heavy (non-hydrogen) atoms. The zero-order valence-electron chi connectivity index (χ0n) is 11.5. The van der Waals surface area contributed by atoms with Gasteiger partial charge in [0, 0.05) is 21.1 Å². The van der Waals surface area contributed by atoms with Gasteiger partial charge in [-0.3, -0.25) is 0 Å². The number of fused-ring (bicyclic) bond motifs is 1. The molecule has 3 rings (SSSR count). The summed E-state index contributed by atoms with van der Waals surface area (Å²) in [5.41, 5.74) is 3.24. The lowest BCUT2D eigenvalue weighted by atomic mass is 10.1. The van der Waals surface area contributed by atoms with Crippen molar-refractivity contribution in [2.24, 2.45) is 0 Å². The van der Waals surface area contributed by atoms with Gasteiger partial charge in [-0.05, 0) is 44.2 Å². The topological polar surface area (TPSA) is 25.2 Å². The summed E-state index contributed by atoms with van der Waals surface area (Å²) < 4.78 is 7.06. The van der Waals surface area contributed by atoms with E-state index in [9.17, 15) is 0 Å². The van der Waals surface area contributed by atoms with Crippen LogP contribution in [0.4, 0.5) is 5.69 Å². The molecule has 0 amide bonds. The lowest BCUT2D eigenvalue weighted by Crippen LogP contribution is -2.06. The van der Waals surface area contributed by atoms with Crippen molar-refractivity contribution in [3.8, 4) is 0 Å². The Hall–Kier alpha value is -1.74. The molecule has 1 aromatic heterocycles. The van der Waals surface area contributed by atoms with Gasteiger partial charge in [-0.1, -0.05) is 34.1 Å². The number of hydrogen-bond acceptors (Lipinski definition) is 2. The van der Waals surface area contributed by atoms with Crippen molar-refractivity contribution < 1.29 is 4.42 Å². The van der Waals surface area contributed by atoms with Crippen LogP contribution in [0.5, 0.6) is 0 Å². The number of halogens is 1. The number of benzene rings is 2. The molecule has 3 aromatic rings. The molecule has 3 heteroatoms. The Labute approximate surface area is 126 Å². The first-order chi connectivity index (χ1) is 9.65. The molecule has 102 valence electrons. The molecule has 0 saturated heterocycles. The summed E-state index contributed by atoms with van der Waals surface area (Å²) >= 11 is 3.45. The Kier molecular flexibility index (Phi) is 3.53. The van der Waals surface area contributed by atoms with E-state index in [1.807, 2.05) is 30.3 Å². The zero-order valence-corrected chi connectivity index (χ0v) is 13.1. The molecule has 2 aromatic carbocycles. The standard InChI is InChI=1S/C17H16BrNO/c1-11-15-5-3-4-6-16(15)20-17(11)12(2)19-14-9-7-13(18)8-10-14/h3-10,12,19H,1-2H3. The van der Waals surface area contributed by atoms with E-state index in [4.69, 9.17) is 4.42 Å². The minimum Gasteiger partial charge on any atom is -0.459 e. The van der Waals surface area contributed by atoms with Crippen LogP contribution in [0.1, 0.15) is 24.3 Å². The molecule has 1 atom stereocenters. The number of para-hydroxylation sites is 1. The second-order valence-electron chi connectivity index (χ2n) is 4.96. The maximum absolute atomic E-state index is 5.98. The number of aryl methyl sites for hydroxylation is 1. The number of nitrogens with one attached hydrogen (secondary N) is 1. The Balaban J connectivity index is 1.90. The van der Waals surface area contributed by atoms with Gasteiger partial charge in [-0.25, -0.2) is 0 Å². The third kappa shape index (κ3) is 2.46. The lowest BCUT2D eigenvalue weighted by Gasteiger charge is -2.14. The Bertz CT molecular complexity index is 730. The van der Waals surface area contributed by atoms with Crippen LogP contribution < -0.4 is 5.32 Å². The fourth-order valence-corrected chi connectivity index (χ4v) is 2.73. The van der Waals surface area contributed by atoms with E-state index >= 15 is 0 Å². The fourth-order valence-electron chi connectivity index (χ4n) is 2.47. The number of hydrogen-bond donors (Lipinski definition) is 1. The third-order valence-electron chi connectivity index (χ3n) is 3.50. The summed E-state index contributed by atoms with van der Waals surface area (Å²) in [6.45, 7) is 4.23. The van der Waals surface area contributed by atoms with E-state index in [0.717, 1.165) is 21.5 Å². The molecular formula is C17H16BrNO. The molecule has 0 bridgehead atoms. The quantitative estimate of drug-likeness (QED) is 0.669. The fraction of sp³-hybridized carbons (Fsp3) is 0.176. The van der Waals surface area contributed by atoms with Crippen molar-refractivity contribution in [1.82, 2.24) is 0 Å². The maximum atomic E-state index is 5.98. The first-order valence-electron chi connectivity index (χ1n) is 6.65. The van der Waals surface area contributed by atoms with Crippen LogP contribution in [0, 0.1) is 6.92 Å². The molecule has 2 nitrogen and oxygen atoms in total.